The lowest BCUT2D eigenvalue weighted by Gasteiger charge is -2.07. The summed E-state index contributed by atoms with van der Waals surface area (Å²) < 4.78 is 5.62. The van der Waals surface area contributed by atoms with E-state index >= 15 is 0 Å². The maximum absolute atomic E-state index is 12.1. The number of carbonyl (C=O) groups is 1. The Hall–Kier alpha value is -2.09. The normalized spacial score (nSPS) is 10.4. The highest BCUT2D eigenvalue weighted by atomic mass is 16.5. The van der Waals surface area contributed by atoms with Gasteiger partial charge in [-0.15, -0.1) is 0 Å². The summed E-state index contributed by atoms with van der Waals surface area (Å²) in [6.45, 7) is 4.59. The molecule has 2 aromatic rings. The van der Waals surface area contributed by atoms with Crippen LogP contribution in [0.3, 0.4) is 0 Å². The molecule has 0 aliphatic carbocycles. The molecule has 2 nitrogen and oxygen atoms in total. The van der Waals surface area contributed by atoms with Gasteiger partial charge in [0.15, 0.2) is 5.78 Å². The first-order valence-electron chi connectivity index (χ1n) is 7.50. The van der Waals surface area contributed by atoms with Gasteiger partial charge in [0.1, 0.15) is 5.75 Å². The van der Waals surface area contributed by atoms with Gasteiger partial charge < -0.3 is 4.74 Å². The smallest absolute Gasteiger partial charge is 0.166 e. The van der Waals surface area contributed by atoms with Crippen LogP contribution in [0.2, 0.25) is 0 Å². The van der Waals surface area contributed by atoms with E-state index in [1.165, 1.54) is 5.56 Å². The van der Waals surface area contributed by atoms with E-state index in [0.717, 1.165) is 29.7 Å². The minimum absolute atomic E-state index is 0.130. The van der Waals surface area contributed by atoms with E-state index in [1.54, 1.807) is 0 Å². The van der Waals surface area contributed by atoms with Crippen molar-refractivity contribution < 1.29 is 9.53 Å². The molecule has 2 rings (SSSR count). The van der Waals surface area contributed by atoms with Crippen LogP contribution >= 0.6 is 0 Å². The van der Waals surface area contributed by atoms with Crippen molar-refractivity contribution >= 4 is 5.78 Å². The van der Waals surface area contributed by atoms with Gasteiger partial charge in [-0.3, -0.25) is 4.79 Å². The lowest BCUT2D eigenvalue weighted by Crippen LogP contribution is -2.06. The number of rotatable bonds is 7. The lowest BCUT2D eigenvalue weighted by atomic mass is 10.0. The molecule has 2 heteroatoms. The summed E-state index contributed by atoms with van der Waals surface area (Å²) in [4.78, 5) is 12.1. The van der Waals surface area contributed by atoms with Gasteiger partial charge in [-0.25, -0.2) is 0 Å². The van der Waals surface area contributed by atoms with Gasteiger partial charge in [0.2, 0.25) is 0 Å². The van der Waals surface area contributed by atoms with Crippen LogP contribution in [0.4, 0.5) is 0 Å². The van der Waals surface area contributed by atoms with E-state index in [2.05, 4.69) is 6.92 Å². The van der Waals surface area contributed by atoms with Crippen molar-refractivity contribution in [3.8, 4) is 5.75 Å². The Morgan fingerprint density at radius 3 is 2.52 bits per heavy atom. The fraction of sp³-hybridized carbons (Fsp3) is 0.316. The molecule has 0 aliphatic rings. The number of aryl methyl sites for hydroxylation is 2. The van der Waals surface area contributed by atoms with Crippen LogP contribution in [-0.2, 0) is 6.42 Å². The Balaban J connectivity index is 1.84. The highest BCUT2D eigenvalue weighted by molar-refractivity contribution is 5.96. The van der Waals surface area contributed by atoms with Gasteiger partial charge in [-0.05, 0) is 36.6 Å². The molecule has 0 atom stereocenters. The third-order valence-electron chi connectivity index (χ3n) is 3.40. The molecule has 0 saturated carbocycles. The fourth-order valence-electron chi connectivity index (χ4n) is 2.26. The third-order valence-corrected chi connectivity index (χ3v) is 3.40. The van der Waals surface area contributed by atoms with Crippen molar-refractivity contribution in [3.63, 3.8) is 0 Å². The summed E-state index contributed by atoms with van der Waals surface area (Å²) in [6.07, 6.45) is 2.59. The monoisotopic (exact) mass is 282 g/mol. The van der Waals surface area contributed by atoms with E-state index in [-0.39, 0.29) is 5.78 Å². The minimum Gasteiger partial charge on any atom is -0.493 e. The van der Waals surface area contributed by atoms with Crippen molar-refractivity contribution in [2.75, 3.05) is 6.61 Å². The number of hydrogen-bond donors (Lipinski definition) is 0. The first kappa shape index (κ1) is 15.3. The van der Waals surface area contributed by atoms with E-state index < -0.39 is 0 Å². The fourth-order valence-corrected chi connectivity index (χ4v) is 2.26. The standard InChI is InChI=1S/C19H22O2/c1-3-5-16-8-10-17(11-9-16)19(20)12-13-21-18-7-4-6-15(2)14-18/h4,6-11,14H,3,5,12-13H2,1-2H3. The Morgan fingerprint density at radius 2 is 1.86 bits per heavy atom. The molecule has 0 aromatic heterocycles. The highest BCUT2D eigenvalue weighted by Crippen LogP contribution is 2.13. The van der Waals surface area contributed by atoms with Crippen molar-refractivity contribution in [1.82, 2.24) is 0 Å². The zero-order chi connectivity index (χ0) is 15.1. The average Bonchev–Trinajstić information content (AvgIpc) is 2.48. The Bertz CT molecular complexity index is 585. The molecule has 0 heterocycles. The van der Waals surface area contributed by atoms with Gasteiger partial charge in [0, 0.05) is 12.0 Å². The summed E-state index contributed by atoms with van der Waals surface area (Å²) >= 11 is 0. The zero-order valence-electron chi connectivity index (χ0n) is 12.8. The Morgan fingerprint density at radius 1 is 1.10 bits per heavy atom. The number of benzene rings is 2. The minimum atomic E-state index is 0.130. The van der Waals surface area contributed by atoms with Crippen LogP contribution in [0.1, 0.15) is 41.3 Å². The molecule has 0 radical (unpaired) electrons. The van der Waals surface area contributed by atoms with Crippen LogP contribution in [0.25, 0.3) is 0 Å². The largest absolute Gasteiger partial charge is 0.493 e. The molecule has 0 bridgehead atoms. The molecule has 0 N–H and O–H groups in total. The summed E-state index contributed by atoms with van der Waals surface area (Å²) in [5.74, 6) is 0.951. The lowest BCUT2D eigenvalue weighted by molar-refractivity contribution is 0.0962. The number of hydrogen-bond acceptors (Lipinski definition) is 2. The Labute approximate surface area is 126 Å². The second-order valence-corrected chi connectivity index (χ2v) is 5.29. The molecule has 0 saturated heterocycles. The van der Waals surface area contributed by atoms with Crippen molar-refractivity contribution in [2.45, 2.75) is 33.1 Å². The van der Waals surface area contributed by atoms with Gasteiger partial charge in [-0.2, -0.15) is 0 Å². The third kappa shape index (κ3) is 4.75. The zero-order valence-corrected chi connectivity index (χ0v) is 12.8. The van der Waals surface area contributed by atoms with Gasteiger partial charge in [-0.1, -0.05) is 49.7 Å². The van der Waals surface area contributed by atoms with Crippen molar-refractivity contribution in [1.29, 1.82) is 0 Å². The van der Waals surface area contributed by atoms with Crippen molar-refractivity contribution in [2.24, 2.45) is 0 Å². The van der Waals surface area contributed by atoms with E-state index in [0.29, 0.717) is 13.0 Å². The van der Waals surface area contributed by atoms with Gasteiger partial charge >= 0.3 is 0 Å². The SMILES string of the molecule is CCCc1ccc(C(=O)CCOc2cccc(C)c2)cc1. The van der Waals surface area contributed by atoms with Crippen LogP contribution in [0.5, 0.6) is 5.75 Å². The number of Topliss-reactive ketones (excluding diaryl/α,β-unsaturated/α-hetero) is 1. The van der Waals surface area contributed by atoms with Crippen LogP contribution in [0.15, 0.2) is 48.5 Å². The van der Waals surface area contributed by atoms with E-state index in [9.17, 15) is 4.79 Å². The van der Waals surface area contributed by atoms with Gasteiger partial charge in [0.25, 0.3) is 0 Å². The first-order chi connectivity index (χ1) is 10.2. The Kier molecular flexibility index (Phi) is 5.56. The van der Waals surface area contributed by atoms with E-state index in [4.69, 9.17) is 4.74 Å². The molecule has 21 heavy (non-hydrogen) atoms. The molecule has 0 fully saturated rings. The number of ketones is 1. The summed E-state index contributed by atoms with van der Waals surface area (Å²) in [5.41, 5.74) is 3.21. The van der Waals surface area contributed by atoms with E-state index in [1.807, 2.05) is 55.5 Å². The predicted octanol–water partition coefficient (Wildman–Crippen LogP) is 4.60. The summed E-state index contributed by atoms with van der Waals surface area (Å²) in [6, 6.07) is 15.8. The molecule has 110 valence electrons. The van der Waals surface area contributed by atoms with Crippen molar-refractivity contribution in [3.05, 3.63) is 65.2 Å². The van der Waals surface area contributed by atoms with Crippen LogP contribution in [0, 0.1) is 6.92 Å². The first-order valence-corrected chi connectivity index (χ1v) is 7.50. The predicted molar refractivity (Wildman–Crippen MR) is 86.1 cm³/mol. The molecule has 0 spiro atoms. The molecular formula is C19H22O2. The van der Waals surface area contributed by atoms with Crippen LogP contribution in [-0.4, -0.2) is 12.4 Å². The van der Waals surface area contributed by atoms with Crippen LogP contribution < -0.4 is 4.74 Å². The highest BCUT2D eigenvalue weighted by Gasteiger charge is 2.06. The molecule has 2 aromatic carbocycles. The summed E-state index contributed by atoms with van der Waals surface area (Å²) in [7, 11) is 0. The molecule has 0 amide bonds. The topological polar surface area (TPSA) is 26.3 Å². The second-order valence-electron chi connectivity index (χ2n) is 5.29. The quantitative estimate of drug-likeness (QED) is 0.694. The molecule has 0 aliphatic heterocycles. The average molecular weight is 282 g/mol. The maximum atomic E-state index is 12.1. The number of ether oxygens (including phenoxy) is 1. The molecule has 0 unspecified atom stereocenters. The van der Waals surface area contributed by atoms with Gasteiger partial charge in [0.05, 0.1) is 6.61 Å². The maximum Gasteiger partial charge on any atom is 0.166 e. The number of carbonyl (C=O) groups excluding carboxylic acids is 1. The molecular weight excluding hydrogens is 260 g/mol. The second kappa shape index (κ2) is 7.63. The summed E-state index contributed by atoms with van der Waals surface area (Å²) in [5, 5.41) is 0.